The molecule has 2 heterocycles. The Balaban J connectivity index is 2.49. The minimum absolute atomic E-state index is 0.795. The van der Waals surface area contributed by atoms with E-state index in [4.69, 9.17) is 9.47 Å². The summed E-state index contributed by atoms with van der Waals surface area (Å²) in [5.41, 5.74) is 0. The normalized spacial score (nSPS) is 16.3. The van der Waals surface area contributed by atoms with Crippen molar-refractivity contribution in [2.45, 2.75) is 28.2 Å². The van der Waals surface area contributed by atoms with Crippen LogP contribution in [0, 0.1) is 6.92 Å². The van der Waals surface area contributed by atoms with E-state index in [1.165, 1.54) is 7.77 Å². The summed E-state index contributed by atoms with van der Waals surface area (Å²) in [6.45, 7) is 3.74. The van der Waals surface area contributed by atoms with Gasteiger partial charge >= 0.3 is 99.8 Å². The van der Waals surface area contributed by atoms with Gasteiger partial charge in [0.1, 0.15) is 0 Å². The summed E-state index contributed by atoms with van der Waals surface area (Å²) in [5.74, 6) is 2.11. The van der Waals surface area contributed by atoms with Crippen molar-refractivity contribution in [2.24, 2.45) is 0 Å². The third-order valence-electron chi connectivity index (χ3n) is 2.45. The molecule has 1 aliphatic rings. The SMILES string of the molecule is Cc1s[c]([Sn]([CH3])([CH3])[CH3])c2c1OCCCO2. The molecule has 2 rings (SSSR count). The molecule has 84 valence electrons. The van der Waals surface area contributed by atoms with Crippen molar-refractivity contribution in [2.75, 3.05) is 13.2 Å². The Hall–Kier alpha value is 0.0987. The Morgan fingerprint density at radius 2 is 1.67 bits per heavy atom. The Labute approximate surface area is 99.5 Å². The van der Waals surface area contributed by atoms with Gasteiger partial charge in [-0.05, 0) is 0 Å². The molecule has 0 unspecified atom stereocenters. The molecule has 0 amide bonds. The number of aryl methyl sites for hydroxylation is 1. The third kappa shape index (κ3) is 2.28. The summed E-state index contributed by atoms with van der Waals surface area (Å²) in [6.07, 6.45) is 0.998. The standard InChI is InChI=1S/C8H9O2S.3CH3.Sn/c1-6-8-7(5-11-6)9-3-2-4-10-8;;;;/h2-4H2,1H3;3*1H3;. The monoisotopic (exact) mass is 334 g/mol. The average molecular weight is 333 g/mol. The first-order valence-corrected chi connectivity index (χ1v) is 16.2. The van der Waals surface area contributed by atoms with E-state index in [9.17, 15) is 0 Å². The first-order valence-electron chi connectivity index (χ1n) is 5.39. The molecule has 1 aliphatic heterocycles. The van der Waals surface area contributed by atoms with Crippen LogP contribution in [0.4, 0.5) is 0 Å². The van der Waals surface area contributed by atoms with Crippen LogP contribution in [-0.2, 0) is 0 Å². The fraction of sp³-hybridized carbons (Fsp3) is 0.636. The van der Waals surface area contributed by atoms with Crippen LogP contribution in [0.25, 0.3) is 0 Å². The summed E-state index contributed by atoms with van der Waals surface area (Å²) >= 11 is -0.146. The van der Waals surface area contributed by atoms with E-state index in [0.29, 0.717) is 0 Å². The van der Waals surface area contributed by atoms with Crippen molar-refractivity contribution in [1.82, 2.24) is 0 Å². The van der Waals surface area contributed by atoms with Crippen molar-refractivity contribution >= 4 is 32.6 Å². The van der Waals surface area contributed by atoms with Crippen LogP contribution in [0.3, 0.4) is 0 Å². The Morgan fingerprint density at radius 1 is 1.07 bits per heavy atom. The fourth-order valence-electron chi connectivity index (χ4n) is 1.71. The molecule has 0 bridgehead atoms. The zero-order valence-corrected chi connectivity index (χ0v) is 13.5. The Bertz CT molecular complexity index is 365. The quantitative estimate of drug-likeness (QED) is 0.736. The number of rotatable bonds is 1. The average Bonchev–Trinajstić information content (AvgIpc) is 2.37. The topological polar surface area (TPSA) is 18.5 Å². The first kappa shape index (κ1) is 11.6. The molecule has 0 saturated carbocycles. The van der Waals surface area contributed by atoms with Gasteiger partial charge in [-0.3, -0.25) is 0 Å². The van der Waals surface area contributed by atoms with E-state index in [0.717, 1.165) is 31.1 Å². The molecule has 4 heteroatoms. The molecule has 0 aromatic carbocycles. The van der Waals surface area contributed by atoms with Crippen molar-refractivity contribution in [1.29, 1.82) is 0 Å². The van der Waals surface area contributed by atoms with Gasteiger partial charge in [0.25, 0.3) is 0 Å². The van der Waals surface area contributed by atoms with Crippen LogP contribution in [0.1, 0.15) is 11.3 Å². The maximum atomic E-state index is 5.86. The number of hydrogen-bond acceptors (Lipinski definition) is 3. The zero-order valence-electron chi connectivity index (χ0n) is 9.85. The Morgan fingerprint density at radius 3 is 2.27 bits per heavy atom. The second-order valence-electron chi connectivity index (χ2n) is 4.95. The van der Waals surface area contributed by atoms with E-state index in [1.54, 1.807) is 0 Å². The summed E-state index contributed by atoms with van der Waals surface area (Å²) in [7, 11) is 0. The van der Waals surface area contributed by atoms with E-state index in [-0.39, 0.29) is 0 Å². The fourth-order valence-corrected chi connectivity index (χ4v) is 9.22. The van der Waals surface area contributed by atoms with E-state index < -0.39 is 18.4 Å². The van der Waals surface area contributed by atoms with Gasteiger partial charge in [-0.15, -0.1) is 0 Å². The van der Waals surface area contributed by atoms with Gasteiger partial charge in [-0.1, -0.05) is 0 Å². The maximum absolute atomic E-state index is 5.86. The second-order valence-corrected chi connectivity index (χ2v) is 21.5. The number of ether oxygens (including phenoxy) is 2. The second kappa shape index (κ2) is 4.17. The number of fused-ring (bicyclic) bond motifs is 1. The molecular formula is C11H18O2SSn. The first-order chi connectivity index (χ1) is 7.00. The summed E-state index contributed by atoms with van der Waals surface area (Å²) < 4.78 is 13.2. The van der Waals surface area contributed by atoms with Crippen molar-refractivity contribution in [3.8, 4) is 11.5 Å². The van der Waals surface area contributed by atoms with Gasteiger partial charge in [0, 0.05) is 0 Å². The molecule has 0 atom stereocenters. The predicted octanol–water partition coefficient (Wildman–Crippen LogP) is 2.76. The molecule has 0 N–H and O–H groups in total. The summed E-state index contributed by atoms with van der Waals surface area (Å²) in [6, 6.07) is 0. The van der Waals surface area contributed by atoms with Crippen molar-refractivity contribution in [3.05, 3.63) is 4.88 Å². The molecule has 0 aliphatic carbocycles. The molecule has 0 radical (unpaired) electrons. The van der Waals surface area contributed by atoms with E-state index in [1.807, 2.05) is 11.3 Å². The van der Waals surface area contributed by atoms with Crippen LogP contribution in [0.15, 0.2) is 0 Å². The predicted molar refractivity (Wildman–Crippen MR) is 67.6 cm³/mol. The van der Waals surface area contributed by atoms with Gasteiger partial charge in [-0.25, -0.2) is 0 Å². The Kier molecular flexibility index (Phi) is 3.22. The van der Waals surface area contributed by atoms with Crippen LogP contribution >= 0.6 is 11.3 Å². The van der Waals surface area contributed by atoms with Crippen molar-refractivity contribution in [3.63, 3.8) is 0 Å². The van der Waals surface area contributed by atoms with E-state index >= 15 is 0 Å². The zero-order chi connectivity index (χ0) is 11.1. The summed E-state index contributed by atoms with van der Waals surface area (Å²) in [4.78, 5) is 8.56. The molecule has 15 heavy (non-hydrogen) atoms. The molecule has 1 aromatic heterocycles. The van der Waals surface area contributed by atoms with Crippen LogP contribution in [0.2, 0.25) is 14.8 Å². The van der Waals surface area contributed by atoms with Gasteiger partial charge in [-0.2, -0.15) is 0 Å². The van der Waals surface area contributed by atoms with Crippen LogP contribution in [-0.4, -0.2) is 31.6 Å². The molecule has 0 saturated heterocycles. The van der Waals surface area contributed by atoms with Gasteiger partial charge in [0.2, 0.25) is 0 Å². The number of thiophene rings is 1. The molecule has 1 aromatic rings. The van der Waals surface area contributed by atoms with Crippen LogP contribution < -0.4 is 12.4 Å². The third-order valence-corrected chi connectivity index (χ3v) is 12.8. The minimum atomic E-state index is -2.04. The van der Waals surface area contributed by atoms with Crippen LogP contribution in [0.5, 0.6) is 11.5 Å². The summed E-state index contributed by atoms with van der Waals surface area (Å²) in [5, 5.41) is 0. The van der Waals surface area contributed by atoms with Gasteiger partial charge in [0.05, 0.1) is 0 Å². The number of hydrogen-bond donors (Lipinski definition) is 0. The van der Waals surface area contributed by atoms with Crippen molar-refractivity contribution < 1.29 is 9.47 Å². The molecule has 2 nitrogen and oxygen atoms in total. The van der Waals surface area contributed by atoms with Gasteiger partial charge in [0.15, 0.2) is 0 Å². The molecular weight excluding hydrogens is 315 g/mol. The molecule has 0 spiro atoms. The van der Waals surface area contributed by atoms with Gasteiger partial charge < -0.3 is 0 Å². The van der Waals surface area contributed by atoms with E-state index in [2.05, 4.69) is 21.7 Å². The molecule has 0 fully saturated rings.